The standard InChI is InChI=1S/C14H15N3/c1-12-16-9-10-17(12)11-14-6-4-13(5-7-14)3-2-8-15/h4-7,9-10H,8,11,15H2,1H3. The van der Waals surface area contributed by atoms with Gasteiger partial charge in [0.15, 0.2) is 0 Å². The van der Waals surface area contributed by atoms with Gasteiger partial charge in [0.2, 0.25) is 0 Å². The third kappa shape index (κ3) is 2.96. The van der Waals surface area contributed by atoms with E-state index in [0.29, 0.717) is 6.54 Å². The normalized spacial score (nSPS) is 9.76. The largest absolute Gasteiger partial charge is 0.331 e. The summed E-state index contributed by atoms with van der Waals surface area (Å²) in [6, 6.07) is 8.20. The SMILES string of the molecule is Cc1nccn1Cc1ccc(C#CCN)cc1. The summed E-state index contributed by atoms with van der Waals surface area (Å²) in [5, 5.41) is 0. The summed E-state index contributed by atoms with van der Waals surface area (Å²) < 4.78 is 2.11. The Balaban J connectivity index is 2.11. The number of hydrogen-bond donors (Lipinski definition) is 1. The van der Waals surface area contributed by atoms with Gasteiger partial charge in [-0.15, -0.1) is 0 Å². The van der Waals surface area contributed by atoms with Crippen molar-refractivity contribution in [3.8, 4) is 11.8 Å². The van der Waals surface area contributed by atoms with Crippen molar-refractivity contribution >= 4 is 0 Å². The van der Waals surface area contributed by atoms with E-state index >= 15 is 0 Å². The van der Waals surface area contributed by atoms with Crippen LogP contribution in [0, 0.1) is 18.8 Å². The maximum Gasteiger partial charge on any atom is 0.105 e. The van der Waals surface area contributed by atoms with E-state index in [9.17, 15) is 0 Å². The van der Waals surface area contributed by atoms with Crippen LogP contribution >= 0.6 is 0 Å². The van der Waals surface area contributed by atoms with Gasteiger partial charge in [-0.25, -0.2) is 4.98 Å². The number of aryl methyl sites for hydroxylation is 1. The molecular formula is C14H15N3. The molecule has 0 bridgehead atoms. The lowest BCUT2D eigenvalue weighted by atomic mass is 10.1. The Morgan fingerprint density at radius 1 is 1.29 bits per heavy atom. The first-order valence-electron chi connectivity index (χ1n) is 5.55. The van der Waals surface area contributed by atoms with Crippen LogP contribution in [-0.2, 0) is 6.54 Å². The summed E-state index contributed by atoms with van der Waals surface area (Å²) in [6.45, 7) is 3.24. The summed E-state index contributed by atoms with van der Waals surface area (Å²) in [4.78, 5) is 4.20. The molecule has 0 aliphatic heterocycles. The third-order valence-electron chi connectivity index (χ3n) is 2.57. The van der Waals surface area contributed by atoms with Gasteiger partial charge >= 0.3 is 0 Å². The van der Waals surface area contributed by atoms with Gasteiger partial charge in [-0.05, 0) is 24.6 Å². The summed E-state index contributed by atoms with van der Waals surface area (Å²) in [7, 11) is 0. The molecule has 2 rings (SSSR count). The van der Waals surface area contributed by atoms with E-state index in [4.69, 9.17) is 5.73 Å². The number of nitrogens with zero attached hydrogens (tertiary/aromatic N) is 2. The highest BCUT2D eigenvalue weighted by Gasteiger charge is 1.98. The molecule has 0 fully saturated rings. The molecule has 2 N–H and O–H groups in total. The van der Waals surface area contributed by atoms with Gasteiger partial charge in [0.25, 0.3) is 0 Å². The molecule has 17 heavy (non-hydrogen) atoms. The first kappa shape index (κ1) is 11.4. The van der Waals surface area contributed by atoms with Crippen molar-refractivity contribution in [1.29, 1.82) is 0 Å². The van der Waals surface area contributed by atoms with Crippen molar-refractivity contribution in [3.05, 3.63) is 53.6 Å². The minimum Gasteiger partial charge on any atom is -0.331 e. The molecule has 0 amide bonds. The molecule has 0 atom stereocenters. The molecule has 1 aromatic heterocycles. The van der Waals surface area contributed by atoms with Crippen LogP contribution in [0.4, 0.5) is 0 Å². The molecule has 3 heteroatoms. The van der Waals surface area contributed by atoms with Crippen LogP contribution < -0.4 is 5.73 Å². The summed E-state index contributed by atoms with van der Waals surface area (Å²) in [6.07, 6.45) is 3.80. The van der Waals surface area contributed by atoms with E-state index < -0.39 is 0 Å². The molecule has 1 heterocycles. The fourth-order valence-electron chi connectivity index (χ4n) is 1.61. The summed E-state index contributed by atoms with van der Waals surface area (Å²) in [5.41, 5.74) is 7.57. The Bertz CT molecular complexity index is 541. The Hall–Kier alpha value is -2.05. The zero-order valence-corrected chi connectivity index (χ0v) is 9.85. The van der Waals surface area contributed by atoms with Gasteiger partial charge in [-0.2, -0.15) is 0 Å². The van der Waals surface area contributed by atoms with Crippen molar-refractivity contribution in [2.45, 2.75) is 13.5 Å². The van der Waals surface area contributed by atoms with Gasteiger partial charge in [0.1, 0.15) is 5.82 Å². The van der Waals surface area contributed by atoms with Crippen molar-refractivity contribution in [2.24, 2.45) is 5.73 Å². The van der Waals surface area contributed by atoms with Crippen LogP contribution in [0.1, 0.15) is 17.0 Å². The van der Waals surface area contributed by atoms with Crippen LogP contribution in [0.2, 0.25) is 0 Å². The predicted molar refractivity (Wildman–Crippen MR) is 68.4 cm³/mol. The van der Waals surface area contributed by atoms with E-state index in [1.54, 1.807) is 0 Å². The predicted octanol–water partition coefficient (Wildman–Crippen LogP) is 1.55. The highest BCUT2D eigenvalue weighted by atomic mass is 15.0. The zero-order chi connectivity index (χ0) is 12.1. The maximum absolute atomic E-state index is 5.33. The third-order valence-corrected chi connectivity index (χ3v) is 2.57. The molecule has 0 spiro atoms. The van der Waals surface area contributed by atoms with Crippen LogP contribution in [0.15, 0.2) is 36.7 Å². The van der Waals surface area contributed by atoms with Gasteiger partial charge < -0.3 is 10.3 Å². The topological polar surface area (TPSA) is 43.8 Å². The molecule has 2 aromatic rings. The van der Waals surface area contributed by atoms with Crippen molar-refractivity contribution in [2.75, 3.05) is 6.54 Å². The van der Waals surface area contributed by atoms with Crippen molar-refractivity contribution in [3.63, 3.8) is 0 Å². The summed E-state index contributed by atoms with van der Waals surface area (Å²) >= 11 is 0. The fraction of sp³-hybridized carbons (Fsp3) is 0.214. The van der Waals surface area contributed by atoms with Gasteiger partial charge in [-0.1, -0.05) is 24.0 Å². The smallest absolute Gasteiger partial charge is 0.105 e. The molecule has 0 saturated heterocycles. The first-order chi connectivity index (χ1) is 8.29. The molecule has 3 nitrogen and oxygen atoms in total. The second kappa shape index (κ2) is 5.33. The number of hydrogen-bond acceptors (Lipinski definition) is 2. The Labute approximate surface area is 101 Å². The Morgan fingerprint density at radius 2 is 2.06 bits per heavy atom. The van der Waals surface area contributed by atoms with Crippen LogP contribution in [0.25, 0.3) is 0 Å². The highest BCUT2D eigenvalue weighted by molar-refractivity contribution is 5.36. The van der Waals surface area contributed by atoms with Crippen molar-refractivity contribution < 1.29 is 0 Å². The number of rotatable bonds is 2. The first-order valence-corrected chi connectivity index (χ1v) is 5.55. The lowest BCUT2D eigenvalue weighted by molar-refractivity contribution is 0.761. The quantitative estimate of drug-likeness (QED) is 0.788. The van der Waals surface area contributed by atoms with E-state index in [2.05, 4.69) is 33.5 Å². The van der Waals surface area contributed by atoms with Gasteiger partial charge in [0, 0.05) is 24.5 Å². The van der Waals surface area contributed by atoms with Gasteiger partial charge in [-0.3, -0.25) is 0 Å². The van der Waals surface area contributed by atoms with E-state index in [0.717, 1.165) is 17.9 Å². The molecule has 0 saturated carbocycles. The van der Waals surface area contributed by atoms with Crippen molar-refractivity contribution in [1.82, 2.24) is 9.55 Å². The average molecular weight is 225 g/mol. The number of aromatic nitrogens is 2. The molecule has 0 aliphatic carbocycles. The fourth-order valence-corrected chi connectivity index (χ4v) is 1.61. The van der Waals surface area contributed by atoms with E-state index in [1.165, 1.54) is 5.56 Å². The molecule has 0 aliphatic rings. The van der Waals surface area contributed by atoms with E-state index in [-0.39, 0.29) is 0 Å². The van der Waals surface area contributed by atoms with Crippen LogP contribution in [0.5, 0.6) is 0 Å². The average Bonchev–Trinajstić information content (AvgIpc) is 2.74. The Morgan fingerprint density at radius 3 is 2.65 bits per heavy atom. The van der Waals surface area contributed by atoms with Crippen LogP contribution in [0.3, 0.4) is 0 Å². The van der Waals surface area contributed by atoms with Gasteiger partial charge in [0.05, 0.1) is 6.54 Å². The lowest BCUT2D eigenvalue weighted by Crippen LogP contribution is -2.00. The molecule has 86 valence electrons. The molecular weight excluding hydrogens is 210 g/mol. The lowest BCUT2D eigenvalue weighted by Gasteiger charge is -2.04. The monoisotopic (exact) mass is 225 g/mol. The van der Waals surface area contributed by atoms with Crippen LogP contribution in [-0.4, -0.2) is 16.1 Å². The number of imidazole rings is 1. The molecule has 0 unspecified atom stereocenters. The minimum absolute atomic E-state index is 0.399. The Kier molecular flexibility index (Phi) is 3.59. The maximum atomic E-state index is 5.33. The zero-order valence-electron chi connectivity index (χ0n) is 9.85. The minimum atomic E-state index is 0.399. The second-order valence-corrected chi connectivity index (χ2v) is 3.81. The molecule has 0 radical (unpaired) electrons. The highest BCUT2D eigenvalue weighted by Crippen LogP contribution is 2.07. The number of benzene rings is 1. The summed E-state index contributed by atoms with van der Waals surface area (Å²) in [5.74, 6) is 6.87. The van der Waals surface area contributed by atoms with E-state index in [1.807, 2.05) is 31.5 Å². The second-order valence-electron chi connectivity index (χ2n) is 3.81. The molecule has 1 aromatic carbocycles. The number of nitrogens with two attached hydrogens (primary N) is 1.